The van der Waals surface area contributed by atoms with Crippen molar-refractivity contribution in [2.24, 2.45) is 0 Å². The van der Waals surface area contributed by atoms with Crippen LogP contribution in [-0.4, -0.2) is 24.3 Å². The highest BCUT2D eigenvalue weighted by Crippen LogP contribution is 2.34. The van der Waals surface area contributed by atoms with Crippen LogP contribution >= 0.6 is 22.6 Å². The fourth-order valence-electron chi connectivity index (χ4n) is 3.29. The summed E-state index contributed by atoms with van der Waals surface area (Å²) in [5.74, 6) is -0.488. The van der Waals surface area contributed by atoms with Crippen LogP contribution in [0.1, 0.15) is 35.2 Å². The SMILES string of the molecule is CCc1cc(I)c(OCCOCc2ccccc2)c(C(Nc2ccc(C#N)cc2)C(=O)O)c1. The van der Waals surface area contributed by atoms with Gasteiger partial charge in [0.05, 0.1) is 28.4 Å². The molecule has 0 bridgehead atoms. The molecule has 0 amide bonds. The average Bonchev–Trinajstić information content (AvgIpc) is 2.83. The molecule has 0 spiro atoms. The van der Waals surface area contributed by atoms with E-state index in [0.29, 0.717) is 42.4 Å². The van der Waals surface area contributed by atoms with Gasteiger partial charge in [0.2, 0.25) is 0 Å². The van der Waals surface area contributed by atoms with E-state index in [1.807, 2.05) is 49.4 Å². The van der Waals surface area contributed by atoms with Gasteiger partial charge < -0.3 is 19.9 Å². The molecule has 0 aliphatic carbocycles. The standard InChI is InChI=1S/C26H25IN2O4/c1-2-18-14-22(24(26(30)31)29-21-10-8-19(16-28)9-11-21)25(23(27)15-18)33-13-12-32-17-20-6-4-3-5-7-20/h3-11,14-15,24,29H,2,12-13,17H2,1H3,(H,30,31). The van der Waals surface area contributed by atoms with Crippen LogP contribution in [0, 0.1) is 14.9 Å². The third-order valence-corrected chi connectivity index (χ3v) is 5.81. The van der Waals surface area contributed by atoms with E-state index in [-0.39, 0.29) is 0 Å². The van der Waals surface area contributed by atoms with Crippen molar-refractivity contribution >= 4 is 34.2 Å². The number of aryl methyl sites for hydroxylation is 1. The van der Waals surface area contributed by atoms with Gasteiger partial charge in [-0.1, -0.05) is 37.3 Å². The lowest BCUT2D eigenvalue weighted by Gasteiger charge is -2.22. The molecule has 170 valence electrons. The second-order valence-corrected chi connectivity index (χ2v) is 8.50. The molecule has 0 saturated heterocycles. The second-order valence-electron chi connectivity index (χ2n) is 7.34. The van der Waals surface area contributed by atoms with E-state index in [4.69, 9.17) is 14.7 Å². The van der Waals surface area contributed by atoms with E-state index in [0.717, 1.165) is 21.1 Å². The van der Waals surface area contributed by atoms with E-state index in [2.05, 4.69) is 34.0 Å². The number of aliphatic carboxylic acids is 1. The molecule has 0 aliphatic heterocycles. The lowest BCUT2D eigenvalue weighted by Crippen LogP contribution is -2.22. The van der Waals surface area contributed by atoms with Gasteiger partial charge >= 0.3 is 5.97 Å². The summed E-state index contributed by atoms with van der Waals surface area (Å²) in [5.41, 5.74) is 3.77. The number of nitrogens with zero attached hydrogens (tertiary/aromatic N) is 1. The van der Waals surface area contributed by atoms with Crippen LogP contribution in [0.4, 0.5) is 5.69 Å². The van der Waals surface area contributed by atoms with Crippen LogP contribution < -0.4 is 10.1 Å². The Balaban J connectivity index is 1.76. The van der Waals surface area contributed by atoms with Crippen molar-refractivity contribution in [3.63, 3.8) is 0 Å². The highest BCUT2D eigenvalue weighted by Gasteiger charge is 2.26. The minimum atomic E-state index is -1.02. The Kier molecular flexibility index (Phi) is 9.10. The van der Waals surface area contributed by atoms with Crippen LogP contribution in [0.2, 0.25) is 0 Å². The highest BCUT2D eigenvalue weighted by molar-refractivity contribution is 14.1. The van der Waals surface area contributed by atoms with Gasteiger partial charge in [0.1, 0.15) is 12.4 Å². The highest BCUT2D eigenvalue weighted by atomic mass is 127. The molecule has 7 heteroatoms. The fourth-order valence-corrected chi connectivity index (χ4v) is 4.16. The summed E-state index contributed by atoms with van der Waals surface area (Å²) in [7, 11) is 0. The maximum absolute atomic E-state index is 12.2. The lowest BCUT2D eigenvalue weighted by atomic mass is 10.0. The maximum atomic E-state index is 12.2. The quantitative estimate of drug-likeness (QED) is 0.238. The number of nitriles is 1. The third-order valence-electron chi connectivity index (χ3n) is 5.01. The molecule has 0 fully saturated rings. The predicted octanol–water partition coefficient (Wildman–Crippen LogP) is 5.56. The van der Waals surface area contributed by atoms with Gasteiger partial charge in [-0.25, -0.2) is 4.79 Å². The molecule has 3 aromatic carbocycles. The monoisotopic (exact) mass is 556 g/mol. The first-order valence-corrected chi connectivity index (χ1v) is 11.7. The molecule has 6 nitrogen and oxygen atoms in total. The first-order chi connectivity index (χ1) is 16.0. The van der Waals surface area contributed by atoms with E-state index in [1.165, 1.54) is 0 Å². The molecule has 0 saturated carbocycles. The number of nitrogens with one attached hydrogen (secondary N) is 1. The first kappa shape index (κ1) is 24.6. The van der Waals surface area contributed by atoms with E-state index < -0.39 is 12.0 Å². The molecule has 33 heavy (non-hydrogen) atoms. The number of carbonyl (C=O) groups is 1. The number of benzene rings is 3. The largest absolute Gasteiger partial charge is 0.490 e. The number of rotatable bonds is 11. The van der Waals surface area contributed by atoms with E-state index in [1.54, 1.807) is 24.3 Å². The van der Waals surface area contributed by atoms with Crippen LogP contribution in [0.3, 0.4) is 0 Å². The molecular weight excluding hydrogens is 531 g/mol. The molecule has 0 radical (unpaired) electrons. The minimum absolute atomic E-state index is 0.296. The smallest absolute Gasteiger partial charge is 0.330 e. The van der Waals surface area contributed by atoms with Crippen molar-refractivity contribution in [1.29, 1.82) is 5.26 Å². The van der Waals surface area contributed by atoms with Gasteiger partial charge in [-0.3, -0.25) is 0 Å². The van der Waals surface area contributed by atoms with Crippen molar-refractivity contribution in [3.05, 3.63) is 92.6 Å². The Hall–Kier alpha value is -3.09. The zero-order valence-corrected chi connectivity index (χ0v) is 20.4. The summed E-state index contributed by atoms with van der Waals surface area (Å²) in [6, 6.07) is 21.5. The molecular formula is C26H25IN2O4. The number of halogens is 1. The van der Waals surface area contributed by atoms with Gasteiger partial charge in [0, 0.05) is 11.3 Å². The Bertz CT molecular complexity index is 1110. The number of carboxylic acid groups (broad SMARTS) is 1. The Morgan fingerprint density at radius 2 is 1.82 bits per heavy atom. The predicted molar refractivity (Wildman–Crippen MR) is 135 cm³/mol. The number of anilines is 1. The molecule has 2 N–H and O–H groups in total. The van der Waals surface area contributed by atoms with Gasteiger partial charge in [-0.15, -0.1) is 0 Å². The maximum Gasteiger partial charge on any atom is 0.330 e. The van der Waals surface area contributed by atoms with Gasteiger partial charge in [0.25, 0.3) is 0 Å². The molecule has 3 rings (SSSR count). The average molecular weight is 556 g/mol. The van der Waals surface area contributed by atoms with Crippen LogP contribution in [-0.2, 0) is 22.6 Å². The number of hydrogen-bond acceptors (Lipinski definition) is 5. The van der Waals surface area contributed by atoms with Crippen LogP contribution in [0.15, 0.2) is 66.7 Å². The molecule has 0 aromatic heterocycles. The molecule has 3 aromatic rings. The summed E-state index contributed by atoms with van der Waals surface area (Å²) in [5, 5.41) is 22.1. The second kappa shape index (κ2) is 12.2. The summed E-state index contributed by atoms with van der Waals surface area (Å²) in [6.45, 7) is 3.18. The van der Waals surface area contributed by atoms with Crippen molar-refractivity contribution in [1.82, 2.24) is 0 Å². The zero-order chi connectivity index (χ0) is 23.6. The number of hydrogen-bond donors (Lipinski definition) is 2. The normalized spacial score (nSPS) is 11.4. The summed E-state index contributed by atoms with van der Waals surface area (Å²) in [4.78, 5) is 12.2. The molecule has 1 unspecified atom stereocenters. The van der Waals surface area contributed by atoms with Crippen molar-refractivity contribution in [2.75, 3.05) is 18.5 Å². The Labute approximate surface area is 207 Å². The van der Waals surface area contributed by atoms with Gasteiger partial charge in [-0.05, 0) is 76.5 Å². The van der Waals surface area contributed by atoms with Gasteiger partial charge in [-0.2, -0.15) is 5.26 Å². The first-order valence-electron chi connectivity index (χ1n) is 10.6. The topological polar surface area (TPSA) is 91.6 Å². The molecule has 1 atom stereocenters. The van der Waals surface area contributed by atoms with E-state index in [9.17, 15) is 9.90 Å². The van der Waals surface area contributed by atoms with Crippen molar-refractivity contribution in [3.8, 4) is 11.8 Å². The van der Waals surface area contributed by atoms with Crippen LogP contribution in [0.5, 0.6) is 5.75 Å². The van der Waals surface area contributed by atoms with Gasteiger partial charge in [0.15, 0.2) is 6.04 Å². The summed E-state index contributed by atoms with van der Waals surface area (Å²) >= 11 is 2.18. The lowest BCUT2D eigenvalue weighted by molar-refractivity contribution is -0.138. The molecule has 0 heterocycles. The summed E-state index contributed by atoms with van der Waals surface area (Å²) in [6.07, 6.45) is 0.771. The number of ether oxygens (including phenoxy) is 2. The Morgan fingerprint density at radius 1 is 1.09 bits per heavy atom. The zero-order valence-electron chi connectivity index (χ0n) is 18.3. The van der Waals surface area contributed by atoms with E-state index >= 15 is 0 Å². The number of carboxylic acids is 1. The fraction of sp³-hybridized carbons (Fsp3) is 0.231. The minimum Gasteiger partial charge on any atom is -0.490 e. The van der Waals surface area contributed by atoms with Crippen LogP contribution in [0.25, 0.3) is 0 Å². The van der Waals surface area contributed by atoms with Crippen molar-refractivity contribution in [2.45, 2.75) is 26.0 Å². The van der Waals surface area contributed by atoms with Crippen molar-refractivity contribution < 1.29 is 19.4 Å². The third kappa shape index (κ3) is 6.94. The Morgan fingerprint density at radius 3 is 2.45 bits per heavy atom. The molecule has 0 aliphatic rings. The summed E-state index contributed by atoms with van der Waals surface area (Å²) < 4.78 is 12.6.